The van der Waals surface area contributed by atoms with Gasteiger partial charge in [0.25, 0.3) is 0 Å². The number of benzene rings is 7. The Morgan fingerprint density at radius 2 is 0.741 bits per heavy atom. The first-order valence-corrected chi connectivity index (χ1v) is 21.1. The smallest absolute Gasteiger partial charge is 0.171 e. The minimum atomic E-state index is -3.41. The van der Waals surface area contributed by atoms with Crippen molar-refractivity contribution < 1.29 is 4.57 Å². The van der Waals surface area contributed by atoms with E-state index in [0.717, 1.165) is 93.2 Å². The molecule has 0 radical (unpaired) electrons. The highest BCUT2D eigenvalue weighted by atomic mass is 31.2. The molecule has 0 fully saturated rings. The molecule has 4 aromatic heterocycles. The lowest BCUT2D eigenvalue weighted by Crippen LogP contribution is -2.25. The van der Waals surface area contributed by atoms with Crippen molar-refractivity contribution in [2.75, 3.05) is 0 Å². The number of fused-ring (bicyclic) bond motifs is 6. The lowest BCUT2D eigenvalue weighted by molar-refractivity contribution is 0.592. The molecule has 58 heavy (non-hydrogen) atoms. The number of hydrogen-bond donors (Lipinski definition) is 0. The Balaban J connectivity index is 1.15. The molecule has 6 heteroatoms. The third-order valence-electron chi connectivity index (χ3n) is 11.4. The second-order valence-corrected chi connectivity index (χ2v) is 17.4. The van der Waals surface area contributed by atoms with E-state index in [4.69, 9.17) is 0 Å². The van der Waals surface area contributed by atoms with Gasteiger partial charge in [-0.05, 0) is 119 Å². The van der Waals surface area contributed by atoms with Crippen LogP contribution in [0.1, 0.15) is 0 Å². The molecule has 0 aliphatic carbocycles. The topological polar surface area (TPSA) is 52.7 Å². The van der Waals surface area contributed by atoms with Crippen LogP contribution in [0.2, 0.25) is 0 Å². The van der Waals surface area contributed by atoms with Gasteiger partial charge in [-0.1, -0.05) is 91.0 Å². The van der Waals surface area contributed by atoms with Gasteiger partial charge in [-0.15, -0.1) is 0 Å². The highest BCUT2D eigenvalue weighted by Crippen LogP contribution is 2.46. The SMILES string of the molecule is O=P(c1ccccc1)(c1ccc2c(c1)c1ccc(-c3ccncc3)cc1n2-c1ccccc1)c1ccc2c(c1)c1ccc(-c3ccncc3)cc1n2-c1ccccc1. The molecule has 0 amide bonds. The van der Waals surface area contributed by atoms with Crippen molar-refractivity contribution in [2.24, 2.45) is 0 Å². The number of aromatic nitrogens is 4. The Hall–Kier alpha value is -7.33. The molecule has 11 aromatic rings. The van der Waals surface area contributed by atoms with E-state index in [-0.39, 0.29) is 0 Å². The highest BCUT2D eigenvalue weighted by Gasteiger charge is 2.32. The maximum absolute atomic E-state index is 16.4. The van der Waals surface area contributed by atoms with Gasteiger partial charge < -0.3 is 13.7 Å². The summed E-state index contributed by atoms with van der Waals surface area (Å²) in [6.07, 6.45) is 7.32. The lowest BCUT2D eigenvalue weighted by Gasteiger charge is -2.21. The summed E-state index contributed by atoms with van der Waals surface area (Å²) in [6.45, 7) is 0. The van der Waals surface area contributed by atoms with Crippen molar-refractivity contribution in [1.29, 1.82) is 0 Å². The van der Waals surface area contributed by atoms with Gasteiger partial charge in [-0.2, -0.15) is 0 Å². The van der Waals surface area contributed by atoms with E-state index in [0.29, 0.717) is 0 Å². The second-order valence-electron chi connectivity index (χ2n) is 14.6. The van der Waals surface area contributed by atoms with Crippen LogP contribution in [0.15, 0.2) is 213 Å². The van der Waals surface area contributed by atoms with E-state index in [1.807, 2.05) is 91.5 Å². The molecule has 274 valence electrons. The van der Waals surface area contributed by atoms with Crippen LogP contribution in [0.4, 0.5) is 0 Å². The molecule has 7 aromatic carbocycles. The predicted molar refractivity (Wildman–Crippen MR) is 241 cm³/mol. The Labute approximate surface area is 335 Å². The van der Waals surface area contributed by atoms with Gasteiger partial charge in [0.1, 0.15) is 0 Å². The van der Waals surface area contributed by atoms with Gasteiger partial charge in [0, 0.05) is 73.6 Å². The Morgan fingerprint density at radius 3 is 1.17 bits per heavy atom. The quantitative estimate of drug-likeness (QED) is 0.152. The normalized spacial score (nSPS) is 11.9. The fraction of sp³-hybridized carbons (Fsp3) is 0. The second kappa shape index (κ2) is 13.7. The molecule has 0 bridgehead atoms. The van der Waals surface area contributed by atoms with Crippen molar-refractivity contribution in [3.05, 3.63) is 213 Å². The van der Waals surface area contributed by atoms with Gasteiger partial charge in [0.2, 0.25) is 0 Å². The summed E-state index contributed by atoms with van der Waals surface area (Å²) < 4.78 is 21.0. The van der Waals surface area contributed by atoms with Crippen LogP contribution in [-0.2, 0) is 4.57 Å². The third kappa shape index (κ3) is 5.43. The minimum Gasteiger partial charge on any atom is -0.309 e. The monoisotopic (exact) mass is 762 g/mol. The average molecular weight is 763 g/mol. The zero-order chi connectivity index (χ0) is 38.6. The van der Waals surface area contributed by atoms with Gasteiger partial charge in [0.15, 0.2) is 7.14 Å². The molecule has 0 unspecified atom stereocenters. The summed E-state index contributed by atoms with van der Waals surface area (Å²) in [4.78, 5) is 8.48. The van der Waals surface area contributed by atoms with Crippen LogP contribution >= 0.6 is 7.14 Å². The van der Waals surface area contributed by atoms with Gasteiger partial charge >= 0.3 is 0 Å². The van der Waals surface area contributed by atoms with Crippen molar-refractivity contribution >= 4 is 66.7 Å². The molecule has 11 rings (SSSR count). The molecule has 4 heterocycles. The fourth-order valence-corrected chi connectivity index (χ4v) is 11.3. The maximum Gasteiger partial charge on any atom is 0.171 e. The fourth-order valence-electron chi connectivity index (χ4n) is 8.65. The van der Waals surface area contributed by atoms with E-state index in [1.165, 1.54) is 0 Å². The molecule has 0 saturated heterocycles. The summed E-state index contributed by atoms with van der Waals surface area (Å²) in [7, 11) is -3.41. The largest absolute Gasteiger partial charge is 0.309 e. The van der Waals surface area contributed by atoms with E-state index in [9.17, 15) is 0 Å². The molecule has 0 spiro atoms. The van der Waals surface area contributed by atoms with Crippen LogP contribution in [0, 0.1) is 0 Å². The Bertz CT molecular complexity index is 3140. The van der Waals surface area contributed by atoms with Crippen molar-refractivity contribution in [1.82, 2.24) is 19.1 Å². The molecule has 0 saturated carbocycles. The average Bonchev–Trinajstić information content (AvgIpc) is 3.81. The molecule has 0 N–H and O–H groups in total. The van der Waals surface area contributed by atoms with Crippen molar-refractivity contribution in [2.45, 2.75) is 0 Å². The lowest BCUT2D eigenvalue weighted by atomic mass is 10.0. The number of hydrogen-bond acceptors (Lipinski definition) is 3. The van der Waals surface area contributed by atoms with Gasteiger partial charge in [-0.25, -0.2) is 0 Å². The summed E-state index contributed by atoms with van der Waals surface area (Å²) in [5.41, 5.74) is 10.9. The summed E-state index contributed by atoms with van der Waals surface area (Å²) in [5, 5.41) is 6.70. The van der Waals surface area contributed by atoms with Crippen LogP contribution in [-0.4, -0.2) is 19.1 Å². The van der Waals surface area contributed by atoms with Gasteiger partial charge in [-0.3, -0.25) is 9.97 Å². The van der Waals surface area contributed by atoms with E-state index < -0.39 is 7.14 Å². The van der Waals surface area contributed by atoms with Crippen LogP contribution < -0.4 is 15.9 Å². The molecular formula is C52H35N4OP. The van der Waals surface area contributed by atoms with E-state index in [1.54, 1.807) is 0 Å². The van der Waals surface area contributed by atoms with Crippen molar-refractivity contribution in [3.63, 3.8) is 0 Å². The van der Waals surface area contributed by atoms with Crippen LogP contribution in [0.5, 0.6) is 0 Å². The first-order valence-electron chi connectivity index (χ1n) is 19.4. The first-order chi connectivity index (χ1) is 28.6. The molecule has 0 aliphatic rings. The number of nitrogens with zero attached hydrogens (tertiary/aromatic N) is 4. The predicted octanol–water partition coefficient (Wildman–Crippen LogP) is 11.6. The summed E-state index contributed by atoms with van der Waals surface area (Å²) in [5.74, 6) is 0. The standard InChI is InChI=1S/C52H35N4OP/c57-58(42-14-8-3-9-15-42,43-18-22-49-47(34-43)45-20-16-38(36-24-28-53-29-25-36)32-51(45)55(49)40-10-4-1-5-11-40)44-19-23-50-48(35-44)46-21-17-39(37-26-30-54-31-27-37)33-52(46)56(50)41-12-6-2-7-13-41/h1-35H. The van der Waals surface area contributed by atoms with E-state index >= 15 is 4.57 Å². The van der Waals surface area contributed by atoms with E-state index in [2.05, 4.69) is 140 Å². The molecular weight excluding hydrogens is 728 g/mol. The number of para-hydroxylation sites is 2. The van der Waals surface area contributed by atoms with Crippen LogP contribution in [0.25, 0.3) is 77.2 Å². The maximum atomic E-state index is 16.4. The van der Waals surface area contributed by atoms with Crippen molar-refractivity contribution in [3.8, 4) is 33.6 Å². The minimum absolute atomic E-state index is 0.794. The van der Waals surface area contributed by atoms with Crippen LogP contribution in [0.3, 0.4) is 0 Å². The van der Waals surface area contributed by atoms with Gasteiger partial charge in [0.05, 0.1) is 22.1 Å². The highest BCUT2D eigenvalue weighted by molar-refractivity contribution is 7.85. The summed E-state index contributed by atoms with van der Waals surface area (Å²) in [6, 6.07) is 65.2. The first kappa shape index (κ1) is 34.0. The molecule has 0 aliphatic heterocycles. The third-order valence-corrected chi connectivity index (χ3v) is 14.4. The Kier molecular flexibility index (Phi) is 8.02. The summed E-state index contributed by atoms with van der Waals surface area (Å²) >= 11 is 0. The number of pyridine rings is 2. The molecule has 5 nitrogen and oxygen atoms in total. The zero-order valence-electron chi connectivity index (χ0n) is 31.4. The Morgan fingerprint density at radius 1 is 0.328 bits per heavy atom. The zero-order valence-corrected chi connectivity index (χ0v) is 32.2. The number of rotatable bonds is 7. The molecule has 0 atom stereocenters.